The molecule has 19 heavy (non-hydrogen) atoms. The maximum Gasteiger partial charge on any atom is 0.240 e. The van der Waals surface area contributed by atoms with Crippen molar-refractivity contribution in [3.63, 3.8) is 0 Å². The molecule has 0 bridgehead atoms. The Balaban J connectivity index is 1.97. The highest BCUT2D eigenvalue weighted by atomic mass is 16.5. The first-order valence-corrected chi connectivity index (χ1v) is 7.43. The van der Waals surface area contributed by atoms with E-state index in [1.54, 1.807) is 0 Å². The van der Waals surface area contributed by atoms with E-state index in [-0.39, 0.29) is 24.2 Å². The largest absolute Gasteiger partial charge is 0.374 e. The zero-order valence-electron chi connectivity index (χ0n) is 12.6. The van der Waals surface area contributed by atoms with Gasteiger partial charge in [-0.2, -0.15) is 0 Å². The molecule has 3 unspecified atom stereocenters. The lowest BCUT2D eigenvalue weighted by Crippen LogP contribution is -2.51. The molecule has 0 spiro atoms. The molecule has 0 aromatic heterocycles. The maximum atomic E-state index is 12.2. The second kappa shape index (κ2) is 6.20. The number of ether oxygens (including phenoxy) is 1. The molecule has 3 atom stereocenters. The van der Waals surface area contributed by atoms with Gasteiger partial charge in [0.2, 0.25) is 5.91 Å². The highest BCUT2D eigenvalue weighted by molar-refractivity contribution is 5.84. The summed E-state index contributed by atoms with van der Waals surface area (Å²) in [5.41, 5.74) is 0. The average molecular weight is 269 g/mol. The summed E-state index contributed by atoms with van der Waals surface area (Å²) in [6.45, 7) is 12.9. The number of morpholine rings is 1. The molecule has 5 nitrogen and oxygen atoms in total. The van der Waals surface area contributed by atoms with E-state index in [1.165, 1.54) is 0 Å². The van der Waals surface area contributed by atoms with Crippen LogP contribution in [0.2, 0.25) is 0 Å². The molecular weight excluding hydrogens is 242 g/mol. The minimum atomic E-state index is -0.0710. The van der Waals surface area contributed by atoms with Crippen molar-refractivity contribution in [2.24, 2.45) is 5.92 Å². The average Bonchev–Trinajstić information content (AvgIpc) is 2.67. The minimum Gasteiger partial charge on any atom is -0.374 e. The standard InChI is InChI=1S/C14H27N3O2/c1-5-16-6-7-19-12(8-16)9-17-13(10(2)3)15-11(4)14(17)18/h10-13,15H,5-9H2,1-4H3. The summed E-state index contributed by atoms with van der Waals surface area (Å²) >= 11 is 0. The quantitative estimate of drug-likeness (QED) is 0.808. The Kier molecular flexibility index (Phi) is 4.81. The summed E-state index contributed by atoms with van der Waals surface area (Å²) in [6.07, 6.45) is 0.286. The van der Waals surface area contributed by atoms with Gasteiger partial charge < -0.3 is 9.64 Å². The van der Waals surface area contributed by atoms with Gasteiger partial charge in [0.25, 0.3) is 0 Å². The summed E-state index contributed by atoms with van der Waals surface area (Å²) < 4.78 is 5.82. The van der Waals surface area contributed by atoms with Crippen molar-refractivity contribution >= 4 is 5.91 Å². The maximum absolute atomic E-state index is 12.2. The molecule has 2 fully saturated rings. The van der Waals surface area contributed by atoms with Gasteiger partial charge >= 0.3 is 0 Å². The summed E-state index contributed by atoms with van der Waals surface area (Å²) in [7, 11) is 0. The van der Waals surface area contributed by atoms with E-state index in [1.807, 2.05) is 11.8 Å². The van der Waals surface area contributed by atoms with Crippen molar-refractivity contribution in [1.29, 1.82) is 0 Å². The second-order valence-electron chi connectivity index (χ2n) is 5.95. The van der Waals surface area contributed by atoms with Gasteiger partial charge in [-0.15, -0.1) is 0 Å². The molecule has 0 radical (unpaired) electrons. The van der Waals surface area contributed by atoms with Crippen LogP contribution in [0.25, 0.3) is 0 Å². The van der Waals surface area contributed by atoms with E-state index in [9.17, 15) is 4.79 Å². The van der Waals surface area contributed by atoms with Gasteiger partial charge in [0, 0.05) is 19.6 Å². The molecule has 1 N–H and O–H groups in total. The van der Waals surface area contributed by atoms with Crippen molar-refractivity contribution in [2.45, 2.75) is 46.0 Å². The number of likely N-dealkylation sites (N-methyl/N-ethyl adjacent to an activating group) is 1. The number of amides is 1. The molecule has 2 saturated heterocycles. The molecule has 0 aliphatic carbocycles. The smallest absolute Gasteiger partial charge is 0.240 e. The van der Waals surface area contributed by atoms with Crippen molar-refractivity contribution in [1.82, 2.24) is 15.1 Å². The van der Waals surface area contributed by atoms with Crippen LogP contribution in [0.15, 0.2) is 0 Å². The molecule has 110 valence electrons. The van der Waals surface area contributed by atoms with Crippen LogP contribution in [-0.4, -0.2) is 66.8 Å². The van der Waals surface area contributed by atoms with Gasteiger partial charge in [0.1, 0.15) is 0 Å². The Morgan fingerprint density at radius 1 is 1.47 bits per heavy atom. The molecule has 2 heterocycles. The van der Waals surface area contributed by atoms with E-state index < -0.39 is 0 Å². The van der Waals surface area contributed by atoms with Crippen molar-refractivity contribution in [2.75, 3.05) is 32.8 Å². The molecule has 0 aromatic rings. The van der Waals surface area contributed by atoms with Gasteiger partial charge in [0.15, 0.2) is 0 Å². The predicted octanol–water partition coefficient (Wildman–Crippen LogP) is 0.510. The number of hydrogen-bond donors (Lipinski definition) is 1. The molecule has 2 aliphatic heterocycles. The Morgan fingerprint density at radius 3 is 2.84 bits per heavy atom. The molecule has 1 amide bonds. The Bertz CT molecular complexity index is 322. The molecule has 0 aromatic carbocycles. The molecule has 2 aliphatic rings. The van der Waals surface area contributed by atoms with Crippen LogP contribution in [0.3, 0.4) is 0 Å². The summed E-state index contributed by atoms with van der Waals surface area (Å²) in [5.74, 6) is 0.621. The van der Waals surface area contributed by atoms with Crippen LogP contribution >= 0.6 is 0 Å². The fraction of sp³-hybridized carbons (Fsp3) is 0.929. The second-order valence-corrected chi connectivity index (χ2v) is 5.95. The van der Waals surface area contributed by atoms with Crippen molar-refractivity contribution in [3.05, 3.63) is 0 Å². The van der Waals surface area contributed by atoms with Crippen LogP contribution in [0.4, 0.5) is 0 Å². The fourth-order valence-electron chi connectivity index (χ4n) is 2.96. The number of carbonyl (C=O) groups excluding carboxylic acids is 1. The highest BCUT2D eigenvalue weighted by Gasteiger charge is 2.39. The lowest BCUT2D eigenvalue weighted by Gasteiger charge is -2.36. The third kappa shape index (κ3) is 3.27. The lowest BCUT2D eigenvalue weighted by molar-refractivity contribution is -0.133. The van der Waals surface area contributed by atoms with Crippen molar-refractivity contribution in [3.8, 4) is 0 Å². The summed E-state index contributed by atoms with van der Waals surface area (Å²) in [5, 5.41) is 3.38. The van der Waals surface area contributed by atoms with Crippen LogP contribution in [0.1, 0.15) is 27.7 Å². The van der Waals surface area contributed by atoms with Crippen LogP contribution in [0, 0.1) is 5.92 Å². The van der Waals surface area contributed by atoms with E-state index in [4.69, 9.17) is 4.74 Å². The van der Waals surface area contributed by atoms with Crippen LogP contribution in [0.5, 0.6) is 0 Å². The van der Waals surface area contributed by atoms with Gasteiger partial charge in [-0.3, -0.25) is 15.0 Å². The number of rotatable bonds is 4. The fourth-order valence-corrected chi connectivity index (χ4v) is 2.96. The normalized spacial score (nSPS) is 33.4. The predicted molar refractivity (Wildman–Crippen MR) is 74.8 cm³/mol. The first kappa shape index (κ1) is 14.8. The zero-order valence-corrected chi connectivity index (χ0v) is 12.6. The SMILES string of the molecule is CCN1CCOC(CN2C(=O)C(C)NC2C(C)C)C1. The molecule has 5 heteroatoms. The number of nitrogens with zero attached hydrogens (tertiary/aromatic N) is 2. The first-order chi connectivity index (χ1) is 9.02. The van der Waals surface area contributed by atoms with E-state index >= 15 is 0 Å². The Morgan fingerprint density at radius 2 is 2.21 bits per heavy atom. The minimum absolute atomic E-state index is 0.0710. The van der Waals surface area contributed by atoms with Crippen LogP contribution < -0.4 is 5.32 Å². The summed E-state index contributed by atoms with van der Waals surface area (Å²) in [4.78, 5) is 16.6. The summed E-state index contributed by atoms with van der Waals surface area (Å²) in [6, 6.07) is -0.0710. The van der Waals surface area contributed by atoms with E-state index in [2.05, 4.69) is 31.0 Å². The Labute approximate surface area is 116 Å². The molecule has 2 rings (SSSR count). The number of hydrogen-bond acceptors (Lipinski definition) is 4. The first-order valence-electron chi connectivity index (χ1n) is 7.43. The van der Waals surface area contributed by atoms with Gasteiger partial charge in [-0.25, -0.2) is 0 Å². The third-order valence-corrected chi connectivity index (χ3v) is 4.11. The molecular formula is C14H27N3O2. The van der Waals surface area contributed by atoms with E-state index in [0.29, 0.717) is 12.5 Å². The lowest BCUT2D eigenvalue weighted by atomic mass is 10.1. The van der Waals surface area contributed by atoms with Gasteiger partial charge in [-0.1, -0.05) is 20.8 Å². The highest BCUT2D eigenvalue weighted by Crippen LogP contribution is 2.19. The monoisotopic (exact) mass is 269 g/mol. The molecule has 0 saturated carbocycles. The van der Waals surface area contributed by atoms with Crippen molar-refractivity contribution < 1.29 is 9.53 Å². The van der Waals surface area contributed by atoms with Gasteiger partial charge in [0.05, 0.1) is 24.9 Å². The Hall–Kier alpha value is -0.650. The zero-order chi connectivity index (χ0) is 14.0. The van der Waals surface area contributed by atoms with Crippen LogP contribution in [-0.2, 0) is 9.53 Å². The van der Waals surface area contributed by atoms with Gasteiger partial charge in [-0.05, 0) is 19.4 Å². The number of nitrogens with one attached hydrogen (secondary N) is 1. The topological polar surface area (TPSA) is 44.8 Å². The van der Waals surface area contributed by atoms with E-state index in [0.717, 1.165) is 26.2 Å². The third-order valence-electron chi connectivity index (χ3n) is 4.11. The number of carbonyl (C=O) groups is 1.